The second kappa shape index (κ2) is 7.23. The molecule has 2 aromatic carbocycles. The third kappa shape index (κ3) is 4.05. The van der Waals surface area contributed by atoms with Crippen molar-refractivity contribution in [2.75, 3.05) is 7.11 Å². The van der Waals surface area contributed by atoms with Gasteiger partial charge in [0.25, 0.3) is 0 Å². The van der Waals surface area contributed by atoms with Gasteiger partial charge in [-0.3, -0.25) is 4.79 Å². The minimum atomic E-state index is -0.256. The van der Waals surface area contributed by atoms with Crippen LogP contribution in [-0.2, 0) is 16.1 Å². The number of carbonyl (C=O) groups is 1. The Morgan fingerprint density at radius 3 is 2.57 bits per heavy atom. The lowest BCUT2D eigenvalue weighted by Crippen LogP contribution is -2.38. The van der Waals surface area contributed by atoms with Crippen molar-refractivity contribution < 1.29 is 9.53 Å². The van der Waals surface area contributed by atoms with Gasteiger partial charge in [-0.1, -0.05) is 56.3 Å². The molecule has 0 heterocycles. The first-order chi connectivity index (χ1) is 10.1. The number of hydrogen-bond acceptors (Lipinski definition) is 3. The molecule has 0 fully saturated rings. The highest BCUT2D eigenvalue weighted by molar-refractivity contribution is 5.85. The van der Waals surface area contributed by atoms with Crippen molar-refractivity contribution in [2.24, 2.45) is 5.92 Å². The molecule has 0 spiro atoms. The molecule has 0 saturated heterocycles. The van der Waals surface area contributed by atoms with Gasteiger partial charge >= 0.3 is 5.97 Å². The molecule has 2 aromatic rings. The topological polar surface area (TPSA) is 38.3 Å². The summed E-state index contributed by atoms with van der Waals surface area (Å²) in [5, 5.41) is 5.78. The van der Waals surface area contributed by atoms with E-state index in [2.05, 4.69) is 49.5 Å². The van der Waals surface area contributed by atoms with E-state index >= 15 is 0 Å². The molecule has 0 amide bonds. The molecule has 0 aromatic heterocycles. The molecule has 0 aliphatic heterocycles. The molecule has 0 bridgehead atoms. The Morgan fingerprint density at radius 1 is 1.14 bits per heavy atom. The van der Waals surface area contributed by atoms with Gasteiger partial charge in [0.2, 0.25) is 0 Å². The predicted octanol–water partition coefficient (Wildman–Crippen LogP) is 3.52. The van der Waals surface area contributed by atoms with Gasteiger partial charge in [0.05, 0.1) is 7.11 Å². The molecule has 0 aliphatic carbocycles. The summed E-state index contributed by atoms with van der Waals surface area (Å²) in [5.41, 5.74) is 1.20. The van der Waals surface area contributed by atoms with Crippen molar-refractivity contribution in [3.8, 4) is 0 Å². The fourth-order valence-electron chi connectivity index (χ4n) is 2.56. The number of methoxy groups -OCH3 is 1. The molecule has 0 radical (unpaired) electrons. The highest BCUT2D eigenvalue weighted by atomic mass is 16.5. The molecule has 112 valence electrons. The highest BCUT2D eigenvalue weighted by Crippen LogP contribution is 2.18. The largest absolute Gasteiger partial charge is 0.468 e. The van der Waals surface area contributed by atoms with Gasteiger partial charge in [-0.2, -0.15) is 0 Å². The molecular formula is C18H23NO2. The Kier molecular flexibility index (Phi) is 5.34. The Labute approximate surface area is 126 Å². The molecule has 21 heavy (non-hydrogen) atoms. The van der Waals surface area contributed by atoms with Gasteiger partial charge in [0.15, 0.2) is 0 Å². The van der Waals surface area contributed by atoms with Crippen LogP contribution in [0, 0.1) is 5.92 Å². The van der Waals surface area contributed by atoms with E-state index in [-0.39, 0.29) is 12.0 Å². The number of fused-ring (bicyclic) bond motifs is 1. The van der Waals surface area contributed by atoms with Gasteiger partial charge in [0, 0.05) is 6.54 Å². The van der Waals surface area contributed by atoms with E-state index in [1.165, 1.54) is 23.4 Å². The lowest BCUT2D eigenvalue weighted by atomic mass is 10.0. The minimum absolute atomic E-state index is 0.191. The summed E-state index contributed by atoms with van der Waals surface area (Å²) in [6.45, 7) is 4.87. The molecule has 3 nitrogen and oxygen atoms in total. The van der Waals surface area contributed by atoms with E-state index in [1.54, 1.807) is 0 Å². The average molecular weight is 285 g/mol. The van der Waals surface area contributed by atoms with E-state index in [4.69, 9.17) is 4.74 Å². The maximum Gasteiger partial charge on any atom is 0.322 e. The Bertz CT molecular complexity index is 602. The van der Waals surface area contributed by atoms with Crippen LogP contribution in [0.4, 0.5) is 0 Å². The lowest BCUT2D eigenvalue weighted by molar-refractivity contribution is -0.143. The van der Waals surface area contributed by atoms with Crippen LogP contribution < -0.4 is 5.32 Å². The predicted molar refractivity (Wildman–Crippen MR) is 86.0 cm³/mol. The van der Waals surface area contributed by atoms with Crippen LogP contribution in [0.25, 0.3) is 10.8 Å². The van der Waals surface area contributed by atoms with Crippen molar-refractivity contribution in [3.63, 3.8) is 0 Å². The van der Waals surface area contributed by atoms with Crippen LogP contribution in [0.3, 0.4) is 0 Å². The summed E-state index contributed by atoms with van der Waals surface area (Å²) >= 11 is 0. The van der Waals surface area contributed by atoms with Gasteiger partial charge in [-0.25, -0.2) is 0 Å². The summed E-state index contributed by atoms with van der Waals surface area (Å²) in [7, 11) is 1.44. The molecular weight excluding hydrogens is 262 g/mol. The van der Waals surface area contributed by atoms with Gasteiger partial charge < -0.3 is 10.1 Å². The van der Waals surface area contributed by atoms with E-state index in [1.807, 2.05) is 12.1 Å². The number of nitrogens with one attached hydrogen (secondary N) is 1. The quantitative estimate of drug-likeness (QED) is 0.825. The molecule has 3 heteroatoms. The summed E-state index contributed by atoms with van der Waals surface area (Å²) in [6.07, 6.45) is 0.775. The van der Waals surface area contributed by atoms with Gasteiger partial charge in [-0.05, 0) is 28.7 Å². The molecule has 1 atom stereocenters. The number of rotatable bonds is 6. The molecule has 2 rings (SSSR count). The molecule has 0 saturated carbocycles. The van der Waals surface area contributed by atoms with Crippen LogP contribution in [0.2, 0.25) is 0 Å². The summed E-state index contributed by atoms with van der Waals surface area (Å²) in [5.74, 6) is 0.248. The van der Waals surface area contributed by atoms with Crippen molar-refractivity contribution in [1.82, 2.24) is 5.32 Å². The van der Waals surface area contributed by atoms with Crippen LogP contribution in [-0.4, -0.2) is 19.1 Å². The zero-order valence-corrected chi connectivity index (χ0v) is 12.9. The maximum absolute atomic E-state index is 11.8. The SMILES string of the molecule is COC(=O)C(CC(C)C)NCc1cccc2ccccc12. The normalized spacial score (nSPS) is 12.6. The van der Waals surface area contributed by atoms with E-state index < -0.39 is 0 Å². The van der Waals surface area contributed by atoms with E-state index in [0.29, 0.717) is 12.5 Å². The zero-order chi connectivity index (χ0) is 15.2. The second-order valence-electron chi connectivity index (χ2n) is 5.72. The second-order valence-corrected chi connectivity index (χ2v) is 5.72. The van der Waals surface area contributed by atoms with Crippen LogP contribution >= 0.6 is 0 Å². The fraction of sp³-hybridized carbons (Fsp3) is 0.389. The average Bonchev–Trinajstić information content (AvgIpc) is 2.50. The summed E-state index contributed by atoms with van der Waals surface area (Å²) < 4.78 is 4.89. The van der Waals surface area contributed by atoms with Gasteiger partial charge in [-0.15, -0.1) is 0 Å². The number of hydrogen-bond donors (Lipinski definition) is 1. The van der Waals surface area contributed by atoms with Crippen LogP contribution in [0.1, 0.15) is 25.8 Å². The Morgan fingerprint density at radius 2 is 1.86 bits per heavy atom. The van der Waals surface area contributed by atoms with E-state index in [9.17, 15) is 4.79 Å². The van der Waals surface area contributed by atoms with Crippen LogP contribution in [0.5, 0.6) is 0 Å². The third-order valence-electron chi connectivity index (χ3n) is 3.61. The first-order valence-electron chi connectivity index (χ1n) is 7.39. The van der Waals surface area contributed by atoms with Crippen molar-refractivity contribution in [3.05, 3.63) is 48.0 Å². The Balaban J connectivity index is 2.13. The van der Waals surface area contributed by atoms with Crippen molar-refractivity contribution in [1.29, 1.82) is 0 Å². The third-order valence-corrected chi connectivity index (χ3v) is 3.61. The highest BCUT2D eigenvalue weighted by Gasteiger charge is 2.19. The number of carbonyl (C=O) groups excluding carboxylic acids is 1. The smallest absolute Gasteiger partial charge is 0.322 e. The summed E-state index contributed by atoms with van der Waals surface area (Å²) in [4.78, 5) is 11.8. The van der Waals surface area contributed by atoms with Crippen LogP contribution in [0.15, 0.2) is 42.5 Å². The first kappa shape index (κ1) is 15.5. The molecule has 1 N–H and O–H groups in total. The minimum Gasteiger partial charge on any atom is -0.468 e. The fourth-order valence-corrected chi connectivity index (χ4v) is 2.56. The molecule has 1 unspecified atom stereocenters. The Hall–Kier alpha value is -1.87. The standard InChI is InChI=1S/C18H23NO2/c1-13(2)11-17(18(20)21-3)19-12-15-9-6-8-14-7-4-5-10-16(14)15/h4-10,13,17,19H,11-12H2,1-3H3. The lowest BCUT2D eigenvalue weighted by Gasteiger charge is -2.19. The number of benzene rings is 2. The zero-order valence-electron chi connectivity index (χ0n) is 12.9. The monoisotopic (exact) mass is 285 g/mol. The van der Waals surface area contributed by atoms with Gasteiger partial charge in [0.1, 0.15) is 6.04 Å². The molecule has 0 aliphatic rings. The van der Waals surface area contributed by atoms with Crippen molar-refractivity contribution in [2.45, 2.75) is 32.9 Å². The number of esters is 1. The summed E-state index contributed by atoms with van der Waals surface area (Å²) in [6, 6.07) is 14.3. The number of ether oxygens (including phenoxy) is 1. The van der Waals surface area contributed by atoms with Crippen molar-refractivity contribution >= 4 is 16.7 Å². The maximum atomic E-state index is 11.8. The first-order valence-corrected chi connectivity index (χ1v) is 7.39. The van der Waals surface area contributed by atoms with E-state index in [0.717, 1.165) is 6.42 Å².